The zero-order valence-corrected chi connectivity index (χ0v) is 11.9. The minimum Gasteiger partial charge on any atom is -0.508 e. The van der Waals surface area contributed by atoms with E-state index in [1.54, 1.807) is 31.0 Å². The van der Waals surface area contributed by atoms with Crippen LogP contribution in [0.3, 0.4) is 0 Å². The van der Waals surface area contributed by atoms with Gasteiger partial charge in [0.1, 0.15) is 5.75 Å². The Morgan fingerprint density at radius 2 is 2.00 bits per heavy atom. The standard InChI is InChI=1S/C16H18N2O2/c1-11-7-8-13(9-15(11)19)16(20)18(3)10-14-6-4-5-12(2)17-14/h4-9,19H,10H2,1-3H3. The van der Waals surface area contributed by atoms with Crippen LogP contribution in [0.2, 0.25) is 0 Å². The monoisotopic (exact) mass is 270 g/mol. The van der Waals surface area contributed by atoms with E-state index in [4.69, 9.17) is 0 Å². The Morgan fingerprint density at radius 3 is 2.65 bits per heavy atom. The van der Waals surface area contributed by atoms with E-state index in [1.165, 1.54) is 6.07 Å². The molecular weight excluding hydrogens is 252 g/mol. The van der Waals surface area contributed by atoms with Crippen molar-refractivity contribution in [3.8, 4) is 5.75 Å². The molecular formula is C16H18N2O2. The molecule has 104 valence electrons. The Labute approximate surface area is 118 Å². The molecule has 1 aromatic carbocycles. The summed E-state index contributed by atoms with van der Waals surface area (Å²) < 4.78 is 0. The van der Waals surface area contributed by atoms with Crippen molar-refractivity contribution in [2.45, 2.75) is 20.4 Å². The number of amides is 1. The summed E-state index contributed by atoms with van der Waals surface area (Å²) in [4.78, 5) is 18.3. The van der Waals surface area contributed by atoms with Gasteiger partial charge in [0.05, 0.1) is 12.2 Å². The fraction of sp³-hybridized carbons (Fsp3) is 0.250. The smallest absolute Gasteiger partial charge is 0.254 e. The van der Waals surface area contributed by atoms with Gasteiger partial charge in [-0.15, -0.1) is 0 Å². The van der Waals surface area contributed by atoms with Crippen molar-refractivity contribution in [3.05, 3.63) is 58.9 Å². The van der Waals surface area contributed by atoms with Gasteiger partial charge in [-0.3, -0.25) is 9.78 Å². The molecule has 0 radical (unpaired) electrons. The number of rotatable bonds is 3. The number of hydrogen-bond acceptors (Lipinski definition) is 3. The number of benzene rings is 1. The third kappa shape index (κ3) is 3.15. The minimum atomic E-state index is -0.136. The Morgan fingerprint density at radius 1 is 1.25 bits per heavy atom. The van der Waals surface area contributed by atoms with Crippen molar-refractivity contribution in [2.75, 3.05) is 7.05 Å². The van der Waals surface area contributed by atoms with Gasteiger partial charge in [0.15, 0.2) is 0 Å². The van der Waals surface area contributed by atoms with Crippen LogP contribution in [0.15, 0.2) is 36.4 Å². The first-order valence-electron chi connectivity index (χ1n) is 6.45. The number of aromatic hydroxyl groups is 1. The maximum Gasteiger partial charge on any atom is 0.254 e. The summed E-state index contributed by atoms with van der Waals surface area (Å²) in [5, 5.41) is 9.67. The van der Waals surface area contributed by atoms with Crippen molar-refractivity contribution >= 4 is 5.91 Å². The zero-order chi connectivity index (χ0) is 14.7. The maximum atomic E-state index is 12.3. The van der Waals surface area contributed by atoms with Crippen LogP contribution in [0.4, 0.5) is 0 Å². The largest absolute Gasteiger partial charge is 0.508 e. The lowest BCUT2D eigenvalue weighted by atomic mass is 10.1. The number of phenolic OH excluding ortho intramolecular Hbond substituents is 1. The predicted molar refractivity (Wildman–Crippen MR) is 77.6 cm³/mol. The number of hydrogen-bond donors (Lipinski definition) is 1. The molecule has 20 heavy (non-hydrogen) atoms. The zero-order valence-electron chi connectivity index (χ0n) is 11.9. The van der Waals surface area contributed by atoms with Crippen LogP contribution < -0.4 is 0 Å². The molecule has 0 aliphatic heterocycles. The fourth-order valence-electron chi connectivity index (χ4n) is 1.97. The van der Waals surface area contributed by atoms with E-state index in [0.29, 0.717) is 12.1 Å². The molecule has 0 fully saturated rings. The molecule has 0 atom stereocenters. The fourth-order valence-corrected chi connectivity index (χ4v) is 1.97. The van der Waals surface area contributed by atoms with Crippen molar-refractivity contribution in [1.82, 2.24) is 9.88 Å². The lowest BCUT2D eigenvalue weighted by Gasteiger charge is -2.17. The Hall–Kier alpha value is -2.36. The summed E-state index contributed by atoms with van der Waals surface area (Å²) >= 11 is 0. The molecule has 0 aliphatic carbocycles. The molecule has 0 unspecified atom stereocenters. The van der Waals surface area contributed by atoms with E-state index in [2.05, 4.69) is 4.98 Å². The van der Waals surface area contributed by atoms with Crippen LogP contribution in [0.5, 0.6) is 5.75 Å². The second-order valence-electron chi connectivity index (χ2n) is 4.93. The number of carbonyl (C=O) groups excluding carboxylic acids is 1. The van der Waals surface area contributed by atoms with Gasteiger partial charge in [0.25, 0.3) is 5.91 Å². The van der Waals surface area contributed by atoms with E-state index in [1.807, 2.05) is 25.1 Å². The van der Waals surface area contributed by atoms with Crippen molar-refractivity contribution in [2.24, 2.45) is 0 Å². The highest BCUT2D eigenvalue weighted by atomic mass is 16.3. The van der Waals surface area contributed by atoms with Crippen LogP contribution >= 0.6 is 0 Å². The highest BCUT2D eigenvalue weighted by molar-refractivity contribution is 5.94. The summed E-state index contributed by atoms with van der Waals surface area (Å²) in [7, 11) is 1.73. The first-order valence-corrected chi connectivity index (χ1v) is 6.45. The summed E-state index contributed by atoms with van der Waals surface area (Å²) in [6.07, 6.45) is 0. The average Bonchev–Trinajstić information content (AvgIpc) is 2.41. The predicted octanol–water partition coefficient (Wildman–Crippen LogP) is 2.68. The lowest BCUT2D eigenvalue weighted by molar-refractivity contribution is 0.0783. The number of aromatic nitrogens is 1. The Bertz CT molecular complexity index is 638. The Kier molecular flexibility index (Phi) is 4.03. The molecule has 0 saturated heterocycles. The maximum absolute atomic E-state index is 12.3. The summed E-state index contributed by atoms with van der Waals surface area (Å²) in [6, 6.07) is 10.7. The normalized spacial score (nSPS) is 10.3. The number of carbonyl (C=O) groups is 1. The van der Waals surface area contributed by atoms with Gasteiger partial charge in [-0.25, -0.2) is 0 Å². The summed E-state index contributed by atoms with van der Waals surface area (Å²) in [5.74, 6) is 0.00142. The molecule has 0 aliphatic rings. The minimum absolute atomic E-state index is 0.136. The van der Waals surface area contributed by atoms with Crippen LogP contribution in [0.25, 0.3) is 0 Å². The topological polar surface area (TPSA) is 53.4 Å². The third-order valence-electron chi connectivity index (χ3n) is 3.15. The summed E-state index contributed by atoms with van der Waals surface area (Å²) in [6.45, 7) is 4.16. The van der Waals surface area contributed by atoms with Gasteiger partial charge >= 0.3 is 0 Å². The van der Waals surface area contributed by atoms with E-state index in [9.17, 15) is 9.90 Å². The molecule has 4 nitrogen and oxygen atoms in total. The molecule has 0 bridgehead atoms. The van der Waals surface area contributed by atoms with E-state index in [0.717, 1.165) is 17.0 Å². The first kappa shape index (κ1) is 14.1. The molecule has 2 rings (SSSR count). The van der Waals surface area contributed by atoms with E-state index < -0.39 is 0 Å². The van der Waals surface area contributed by atoms with Gasteiger partial charge in [-0.05, 0) is 43.7 Å². The molecule has 4 heteroatoms. The number of aryl methyl sites for hydroxylation is 2. The first-order chi connectivity index (χ1) is 9.47. The van der Waals surface area contributed by atoms with Gasteiger partial charge in [-0.2, -0.15) is 0 Å². The Balaban J connectivity index is 2.14. The van der Waals surface area contributed by atoms with E-state index in [-0.39, 0.29) is 11.7 Å². The van der Waals surface area contributed by atoms with Gasteiger partial charge in [0, 0.05) is 18.3 Å². The van der Waals surface area contributed by atoms with Crippen LogP contribution in [0, 0.1) is 13.8 Å². The molecule has 2 aromatic rings. The molecule has 1 aromatic heterocycles. The molecule has 0 spiro atoms. The second kappa shape index (κ2) is 5.74. The molecule has 1 amide bonds. The van der Waals surface area contributed by atoms with Gasteiger partial charge in [0.2, 0.25) is 0 Å². The van der Waals surface area contributed by atoms with Gasteiger partial charge in [-0.1, -0.05) is 12.1 Å². The van der Waals surface area contributed by atoms with Crippen LogP contribution in [-0.2, 0) is 6.54 Å². The third-order valence-corrected chi connectivity index (χ3v) is 3.15. The van der Waals surface area contributed by atoms with Crippen molar-refractivity contribution in [3.63, 3.8) is 0 Å². The summed E-state index contributed by atoms with van der Waals surface area (Å²) in [5.41, 5.74) is 3.00. The van der Waals surface area contributed by atoms with Crippen molar-refractivity contribution in [1.29, 1.82) is 0 Å². The van der Waals surface area contributed by atoms with Crippen molar-refractivity contribution < 1.29 is 9.90 Å². The number of phenols is 1. The SMILES string of the molecule is Cc1cccc(CN(C)C(=O)c2ccc(C)c(O)c2)n1. The highest BCUT2D eigenvalue weighted by Gasteiger charge is 2.13. The molecule has 1 N–H and O–H groups in total. The van der Waals surface area contributed by atoms with Crippen LogP contribution in [-0.4, -0.2) is 27.9 Å². The molecule has 0 saturated carbocycles. The number of pyridine rings is 1. The van der Waals surface area contributed by atoms with Gasteiger partial charge < -0.3 is 10.0 Å². The highest BCUT2D eigenvalue weighted by Crippen LogP contribution is 2.18. The van der Waals surface area contributed by atoms with Crippen LogP contribution in [0.1, 0.15) is 27.3 Å². The lowest BCUT2D eigenvalue weighted by Crippen LogP contribution is -2.26. The second-order valence-corrected chi connectivity index (χ2v) is 4.93. The average molecular weight is 270 g/mol. The number of nitrogens with zero attached hydrogens (tertiary/aromatic N) is 2. The quantitative estimate of drug-likeness (QED) is 0.933. The molecule has 1 heterocycles. The van der Waals surface area contributed by atoms with E-state index >= 15 is 0 Å².